The van der Waals surface area contributed by atoms with Crippen molar-refractivity contribution < 1.29 is 9.90 Å². The maximum Gasteiger partial charge on any atom is 0.291 e. The Balaban J connectivity index is 2.02. The first-order valence-electron chi connectivity index (χ1n) is 6.55. The molecule has 0 bridgehead atoms. The van der Waals surface area contributed by atoms with Crippen molar-refractivity contribution in [2.75, 3.05) is 0 Å². The summed E-state index contributed by atoms with van der Waals surface area (Å²) in [7, 11) is 0. The van der Waals surface area contributed by atoms with Crippen LogP contribution in [0.4, 0.5) is 0 Å². The lowest BCUT2D eigenvalue weighted by Gasteiger charge is -2.14. The van der Waals surface area contributed by atoms with Crippen molar-refractivity contribution in [1.82, 2.24) is 15.6 Å². The molecule has 6 nitrogen and oxygen atoms in total. The first kappa shape index (κ1) is 14.8. The number of phenolic OH excluding ortho intramolecular Hbond substituents is 1. The zero-order chi connectivity index (χ0) is 15.5. The van der Waals surface area contributed by atoms with Gasteiger partial charge in [-0.15, -0.1) is 0 Å². The molecule has 0 saturated heterocycles. The number of aromatic amines is 1. The normalized spacial score (nSPS) is 11.8. The lowest BCUT2D eigenvalue weighted by Crippen LogP contribution is -2.18. The fourth-order valence-electron chi connectivity index (χ4n) is 1.64. The number of rotatable bonds is 3. The van der Waals surface area contributed by atoms with Crippen LogP contribution in [0.3, 0.4) is 0 Å². The Morgan fingerprint density at radius 3 is 2.71 bits per heavy atom. The van der Waals surface area contributed by atoms with Crippen LogP contribution in [0.25, 0.3) is 0 Å². The van der Waals surface area contributed by atoms with Gasteiger partial charge < -0.3 is 5.11 Å². The summed E-state index contributed by atoms with van der Waals surface area (Å²) in [5.74, 6) is -0.307. The quantitative estimate of drug-likeness (QED) is 0.596. The summed E-state index contributed by atoms with van der Waals surface area (Å²) in [4.78, 5) is 11.9. The van der Waals surface area contributed by atoms with Crippen molar-refractivity contribution in [3.8, 4) is 5.75 Å². The first-order chi connectivity index (χ1) is 9.88. The van der Waals surface area contributed by atoms with Crippen molar-refractivity contribution >= 4 is 12.1 Å². The molecule has 3 N–H and O–H groups in total. The molecule has 0 radical (unpaired) electrons. The average Bonchev–Trinajstić information content (AvgIpc) is 2.90. The van der Waals surface area contributed by atoms with E-state index in [0.29, 0.717) is 5.56 Å². The van der Waals surface area contributed by atoms with E-state index in [-0.39, 0.29) is 16.9 Å². The van der Waals surface area contributed by atoms with Crippen molar-refractivity contribution in [1.29, 1.82) is 0 Å². The summed E-state index contributed by atoms with van der Waals surface area (Å²) in [5, 5.41) is 20.2. The highest BCUT2D eigenvalue weighted by Gasteiger charge is 2.19. The molecular formula is C15H18N4O2. The number of carbonyl (C=O) groups excluding carboxylic acids is 1. The number of amides is 1. The van der Waals surface area contributed by atoms with Gasteiger partial charge in [0.15, 0.2) is 5.69 Å². The third-order valence-corrected chi connectivity index (χ3v) is 2.92. The molecule has 0 saturated carbocycles. The average molecular weight is 286 g/mol. The monoisotopic (exact) mass is 286 g/mol. The second-order valence-electron chi connectivity index (χ2n) is 5.67. The van der Waals surface area contributed by atoms with E-state index in [4.69, 9.17) is 0 Å². The van der Waals surface area contributed by atoms with Crippen LogP contribution < -0.4 is 5.43 Å². The predicted octanol–water partition coefficient (Wildman–Crippen LogP) is 2.18. The Kier molecular flexibility index (Phi) is 4.07. The number of nitrogens with zero attached hydrogens (tertiary/aromatic N) is 2. The van der Waals surface area contributed by atoms with Crippen molar-refractivity contribution in [3.63, 3.8) is 0 Å². The van der Waals surface area contributed by atoms with Crippen LogP contribution >= 0.6 is 0 Å². The smallest absolute Gasteiger partial charge is 0.291 e. The zero-order valence-electron chi connectivity index (χ0n) is 12.2. The van der Waals surface area contributed by atoms with Crippen LogP contribution in [-0.2, 0) is 5.41 Å². The van der Waals surface area contributed by atoms with Crippen molar-refractivity contribution in [2.45, 2.75) is 26.2 Å². The van der Waals surface area contributed by atoms with Gasteiger partial charge in [-0.3, -0.25) is 9.89 Å². The van der Waals surface area contributed by atoms with E-state index in [2.05, 4.69) is 20.7 Å². The van der Waals surface area contributed by atoms with Gasteiger partial charge in [-0.1, -0.05) is 32.9 Å². The SMILES string of the molecule is CC(C)(C)c1cc(C(=O)N/N=C\c2ccccc2O)n[nH]1. The molecule has 1 amide bonds. The molecule has 0 aliphatic carbocycles. The highest BCUT2D eigenvalue weighted by Crippen LogP contribution is 2.20. The number of hydrogen-bond acceptors (Lipinski definition) is 4. The number of carbonyl (C=O) groups is 1. The topological polar surface area (TPSA) is 90.4 Å². The summed E-state index contributed by atoms with van der Waals surface area (Å²) in [6.45, 7) is 6.08. The lowest BCUT2D eigenvalue weighted by atomic mass is 9.92. The molecule has 1 heterocycles. The summed E-state index contributed by atoms with van der Waals surface area (Å²) in [6.07, 6.45) is 1.38. The number of hydrogen-bond donors (Lipinski definition) is 3. The van der Waals surface area contributed by atoms with Crippen LogP contribution in [0.15, 0.2) is 35.4 Å². The number of H-pyrrole nitrogens is 1. The molecule has 6 heteroatoms. The third-order valence-electron chi connectivity index (χ3n) is 2.92. The highest BCUT2D eigenvalue weighted by molar-refractivity contribution is 5.93. The molecule has 0 aliphatic heterocycles. The van der Waals surface area contributed by atoms with Gasteiger partial charge in [-0.25, -0.2) is 5.43 Å². The number of aromatic hydroxyl groups is 1. The Morgan fingerprint density at radius 2 is 2.10 bits per heavy atom. The molecule has 1 aromatic carbocycles. The first-order valence-corrected chi connectivity index (χ1v) is 6.55. The standard InChI is InChI=1S/C15H18N4O2/c1-15(2,3)13-8-11(17-18-13)14(21)19-16-9-10-6-4-5-7-12(10)20/h4-9,20H,1-3H3,(H,17,18)(H,19,21)/b16-9-. The summed E-state index contributed by atoms with van der Waals surface area (Å²) in [6, 6.07) is 8.42. The van der Waals surface area contributed by atoms with E-state index in [0.717, 1.165) is 5.69 Å². The molecular weight excluding hydrogens is 268 g/mol. The van der Waals surface area contributed by atoms with Crippen LogP contribution in [-0.4, -0.2) is 27.4 Å². The Bertz CT molecular complexity index is 668. The minimum atomic E-state index is -0.409. The Morgan fingerprint density at radius 1 is 1.38 bits per heavy atom. The molecule has 1 aromatic heterocycles. The number of aromatic nitrogens is 2. The lowest BCUT2D eigenvalue weighted by molar-refractivity contribution is 0.0950. The van der Waals surface area contributed by atoms with Gasteiger partial charge in [0.05, 0.1) is 6.21 Å². The van der Waals surface area contributed by atoms with Gasteiger partial charge in [-0.05, 0) is 18.2 Å². The van der Waals surface area contributed by atoms with Crippen LogP contribution in [0.2, 0.25) is 0 Å². The summed E-state index contributed by atoms with van der Waals surface area (Å²) >= 11 is 0. The molecule has 0 aliphatic rings. The van der Waals surface area contributed by atoms with E-state index < -0.39 is 5.91 Å². The molecule has 2 rings (SSSR count). The largest absolute Gasteiger partial charge is 0.507 e. The van der Waals surface area contributed by atoms with Gasteiger partial charge in [0.1, 0.15) is 5.75 Å². The Labute approximate surface area is 122 Å². The molecule has 21 heavy (non-hydrogen) atoms. The van der Waals surface area contributed by atoms with E-state index in [1.807, 2.05) is 20.8 Å². The van der Waals surface area contributed by atoms with Gasteiger partial charge in [-0.2, -0.15) is 10.2 Å². The van der Waals surface area contributed by atoms with Gasteiger partial charge >= 0.3 is 0 Å². The van der Waals surface area contributed by atoms with Gasteiger partial charge in [0.2, 0.25) is 0 Å². The molecule has 0 fully saturated rings. The van der Waals surface area contributed by atoms with Crippen LogP contribution in [0.5, 0.6) is 5.75 Å². The van der Waals surface area contributed by atoms with E-state index in [1.165, 1.54) is 6.21 Å². The second-order valence-corrected chi connectivity index (χ2v) is 5.67. The number of phenols is 1. The number of hydrazone groups is 1. The Hall–Kier alpha value is -2.63. The predicted molar refractivity (Wildman–Crippen MR) is 80.5 cm³/mol. The number of nitrogens with one attached hydrogen (secondary N) is 2. The third kappa shape index (κ3) is 3.68. The molecule has 110 valence electrons. The zero-order valence-corrected chi connectivity index (χ0v) is 12.2. The van der Waals surface area contributed by atoms with Crippen molar-refractivity contribution in [3.05, 3.63) is 47.3 Å². The highest BCUT2D eigenvalue weighted by atomic mass is 16.3. The fourth-order valence-corrected chi connectivity index (χ4v) is 1.64. The minimum absolute atomic E-state index is 0.102. The minimum Gasteiger partial charge on any atom is -0.507 e. The van der Waals surface area contributed by atoms with Gasteiger partial charge in [0.25, 0.3) is 5.91 Å². The summed E-state index contributed by atoms with van der Waals surface area (Å²) in [5.41, 5.74) is 3.94. The van der Waals surface area contributed by atoms with E-state index >= 15 is 0 Å². The number of para-hydroxylation sites is 1. The van der Waals surface area contributed by atoms with Crippen LogP contribution in [0.1, 0.15) is 42.5 Å². The van der Waals surface area contributed by atoms with E-state index in [1.54, 1.807) is 30.3 Å². The fraction of sp³-hybridized carbons (Fsp3) is 0.267. The van der Waals surface area contributed by atoms with E-state index in [9.17, 15) is 9.90 Å². The number of benzene rings is 1. The molecule has 0 unspecified atom stereocenters. The van der Waals surface area contributed by atoms with Gasteiger partial charge in [0, 0.05) is 16.7 Å². The molecule has 2 aromatic rings. The maximum absolute atomic E-state index is 11.9. The molecule has 0 atom stereocenters. The van der Waals surface area contributed by atoms with Crippen molar-refractivity contribution in [2.24, 2.45) is 5.10 Å². The molecule has 0 spiro atoms. The second kappa shape index (κ2) is 5.78. The van der Waals surface area contributed by atoms with Crippen LogP contribution in [0, 0.1) is 0 Å². The summed E-state index contributed by atoms with van der Waals surface area (Å²) < 4.78 is 0. The maximum atomic E-state index is 11.9.